The fraction of sp³-hybridized carbons (Fsp3) is 0.263. The molecule has 2 aromatic rings. The summed E-state index contributed by atoms with van der Waals surface area (Å²) in [6.45, 7) is 0.760. The van der Waals surface area contributed by atoms with Gasteiger partial charge in [0.05, 0.1) is 6.54 Å². The maximum Gasteiger partial charge on any atom is 0.278 e. The summed E-state index contributed by atoms with van der Waals surface area (Å²) in [6, 6.07) is 19.5. The van der Waals surface area contributed by atoms with Crippen LogP contribution in [0.2, 0.25) is 0 Å². The summed E-state index contributed by atoms with van der Waals surface area (Å²) in [7, 11) is 1.59. The van der Waals surface area contributed by atoms with Crippen LogP contribution >= 0.6 is 0 Å². The molecular formula is C19H20N2O3. The molecule has 2 unspecified atom stereocenters. The number of hydrogen-bond donors (Lipinski definition) is 1. The van der Waals surface area contributed by atoms with Crippen LogP contribution in [0.3, 0.4) is 0 Å². The van der Waals surface area contributed by atoms with E-state index in [0.717, 1.165) is 11.1 Å². The molecule has 1 aliphatic rings. The highest BCUT2D eigenvalue weighted by Crippen LogP contribution is 2.24. The third-order valence-corrected chi connectivity index (χ3v) is 4.02. The standard InChI is InChI=1S/C19H20N2O3/c1-24-17(15-10-6-3-7-11-15)18-20-19(23)16(22)13-21(18)12-14-8-4-2-5-9-14/h2-11,16-17,22H,12-13H2,1H3. The average molecular weight is 324 g/mol. The monoisotopic (exact) mass is 324 g/mol. The molecule has 0 aliphatic carbocycles. The van der Waals surface area contributed by atoms with Crippen LogP contribution < -0.4 is 0 Å². The van der Waals surface area contributed by atoms with E-state index >= 15 is 0 Å². The van der Waals surface area contributed by atoms with Gasteiger partial charge in [-0.2, -0.15) is 4.99 Å². The molecule has 1 heterocycles. The van der Waals surface area contributed by atoms with Crippen molar-refractivity contribution in [1.29, 1.82) is 0 Å². The quantitative estimate of drug-likeness (QED) is 0.916. The number of nitrogens with zero attached hydrogens (tertiary/aromatic N) is 2. The lowest BCUT2D eigenvalue weighted by molar-refractivity contribution is -0.127. The van der Waals surface area contributed by atoms with Gasteiger partial charge in [0.25, 0.3) is 5.91 Å². The van der Waals surface area contributed by atoms with Crippen molar-refractivity contribution >= 4 is 11.7 Å². The van der Waals surface area contributed by atoms with E-state index in [4.69, 9.17) is 4.74 Å². The van der Waals surface area contributed by atoms with Crippen molar-refractivity contribution in [3.8, 4) is 0 Å². The van der Waals surface area contributed by atoms with Crippen LogP contribution in [0.1, 0.15) is 17.2 Å². The first-order chi connectivity index (χ1) is 11.7. The number of ether oxygens (including phenoxy) is 1. The van der Waals surface area contributed by atoms with Crippen LogP contribution in [-0.2, 0) is 16.1 Å². The van der Waals surface area contributed by atoms with Gasteiger partial charge >= 0.3 is 0 Å². The molecule has 1 aliphatic heterocycles. The summed E-state index contributed by atoms with van der Waals surface area (Å²) < 4.78 is 5.62. The Kier molecular flexibility index (Phi) is 5.03. The van der Waals surface area contributed by atoms with E-state index in [1.165, 1.54) is 0 Å². The third kappa shape index (κ3) is 3.53. The minimum absolute atomic E-state index is 0.208. The van der Waals surface area contributed by atoms with Crippen LogP contribution in [-0.4, -0.2) is 41.5 Å². The first-order valence-corrected chi connectivity index (χ1v) is 7.86. The zero-order valence-corrected chi connectivity index (χ0v) is 13.5. The highest BCUT2D eigenvalue weighted by molar-refractivity contribution is 6.01. The number of aliphatic imine (C=N–C) groups is 1. The molecule has 0 saturated heterocycles. The minimum Gasteiger partial charge on any atom is -0.381 e. The largest absolute Gasteiger partial charge is 0.381 e. The summed E-state index contributed by atoms with van der Waals surface area (Å²) >= 11 is 0. The number of aliphatic hydroxyl groups is 1. The number of β-amino-alcohol motifs (C(OH)–C–C–N with tert-alkyl or cyclic N) is 1. The average Bonchev–Trinajstić information content (AvgIpc) is 2.61. The molecule has 5 heteroatoms. The van der Waals surface area contributed by atoms with E-state index < -0.39 is 18.1 Å². The second kappa shape index (κ2) is 7.38. The Morgan fingerprint density at radius 1 is 1.17 bits per heavy atom. The van der Waals surface area contributed by atoms with Gasteiger partial charge in [-0.1, -0.05) is 60.7 Å². The smallest absolute Gasteiger partial charge is 0.278 e. The SMILES string of the molecule is COC(C1=NC(=O)C(O)CN1Cc1ccccc1)c1ccccc1. The summed E-state index contributed by atoms with van der Waals surface area (Å²) in [4.78, 5) is 18.0. The van der Waals surface area contributed by atoms with Crippen molar-refractivity contribution in [2.24, 2.45) is 4.99 Å². The number of methoxy groups -OCH3 is 1. The number of amidine groups is 1. The Bertz CT molecular complexity index is 716. The topological polar surface area (TPSA) is 62.1 Å². The number of benzene rings is 2. The van der Waals surface area contributed by atoms with Crippen molar-refractivity contribution < 1.29 is 14.6 Å². The van der Waals surface area contributed by atoms with E-state index in [9.17, 15) is 9.90 Å². The fourth-order valence-corrected chi connectivity index (χ4v) is 2.83. The van der Waals surface area contributed by atoms with Crippen LogP contribution in [0.15, 0.2) is 65.7 Å². The predicted molar refractivity (Wildman–Crippen MR) is 91.5 cm³/mol. The number of amides is 1. The normalized spacial score (nSPS) is 19.1. The van der Waals surface area contributed by atoms with E-state index in [2.05, 4.69) is 4.99 Å². The van der Waals surface area contributed by atoms with Gasteiger partial charge in [0.1, 0.15) is 11.9 Å². The van der Waals surface area contributed by atoms with E-state index in [1.54, 1.807) is 7.11 Å². The second-order valence-corrected chi connectivity index (χ2v) is 5.72. The second-order valence-electron chi connectivity index (χ2n) is 5.72. The lowest BCUT2D eigenvalue weighted by Gasteiger charge is -2.34. The molecular weight excluding hydrogens is 304 g/mol. The molecule has 2 atom stereocenters. The van der Waals surface area contributed by atoms with Crippen LogP contribution in [0.4, 0.5) is 0 Å². The molecule has 1 N–H and O–H groups in total. The fourth-order valence-electron chi connectivity index (χ4n) is 2.83. The molecule has 0 aromatic heterocycles. The summed E-state index contributed by atoms with van der Waals surface area (Å²) in [6.07, 6.45) is -1.56. The van der Waals surface area contributed by atoms with E-state index in [0.29, 0.717) is 12.4 Å². The Labute approximate surface area is 141 Å². The number of hydrogen-bond acceptors (Lipinski definition) is 4. The van der Waals surface area contributed by atoms with Gasteiger partial charge in [-0.25, -0.2) is 0 Å². The van der Waals surface area contributed by atoms with Crippen molar-refractivity contribution in [1.82, 2.24) is 4.90 Å². The third-order valence-electron chi connectivity index (χ3n) is 4.02. The maximum atomic E-state index is 11.9. The van der Waals surface area contributed by atoms with Gasteiger partial charge in [0, 0.05) is 13.7 Å². The Morgan fingerprint density at radius 3 is 2.42 bits per heavy atom. The van der Waals surface area contributed by atoms with Crippen LogP contribution in [0.5, 0.6) is 0 Å². The molecule has 5 nitrogen and oxygen atoms in total. The first-order valence-electron chi connectivity index (χ1n) is 7.86. The molecule has 0 bridgehead atoms. The highest BCUT2D eigenvalue weighted by Gasteiger charge is 2.32. The molecule has 3 rings (SSSR count). The van der Waals surface area contributed by atoms with Gasteiger partial charge in [0.2, 0.25) is 0 Å². The van der Waals surface area contributed by atoms with Crippen molar-refractivity contribution in [2.75, 3.05) is 13.7 Å². The lowest BCUT2D eigenvalue weighted by atomic mass is 10.1. The molecule has 0 spiro atoms. The Hall–Kier alpha value is -2.50. The summed E-state index contributed by atoms with van der Waals surface area (Å²) in [5, 5.41) is 9.93. The molecule has 24 heavy (non-hydrogen) atoms. The lowest BCUT2D eigenvalue weighted by Crippen LogP contribution is -2.47. The molecule has 0 saturated carbocycles. The molecule has 0 fully saturated rings. The zero-order chi connectivity index (χ0) is 16.9. The number of aliphatic hydroxyl groups excluding tert-OH is 1. The van der Waals surface area contributed by atoms with Gasteiger partial charge in [-0.15, -0.1) is 0 Å². The minimum atomic E-state index is -1.11. The number of rotatable bonds is 5. The van der Waals surface area contributed by atoms with Crippen molar-refractivity contribution in [3.05, 3.63) is 71.8 Å². The van der Waals surface area contributed by atoms with Gasteiger partial charge in [-0.05, 0) is 11.1 Å². The number of carbonyl (C=O) groups excluding carboxylic acids is 1. The molecule has 0 radical (unpaired) electrons. The Morgan fingerprint density at radius 2 is 1.79 bits per heavy atom. The van der Waals surface area contributed by atoms with E-state index in [-0.39, 0.29) is 6.54 Å². The molecule has 124 valence electrons. The number of carbonyl (C=O) groups is 1. The van der Waals surface area contributed by atoms with Crippen molar-refractivity contribution in [2.45, 2.75) is 18.8 Å². The van der Waals surface area contributed by atoms with Crippen molar-refractivity contribution in [3.63, 3.8) is 0 Å². The van der Waals surface area contributed by atoms with E-state index in [1.807, 2.05) is 65.6 Å². The van der Waals surface area contributed by atoms with Gasteiger partial charge in [-0.3, -0.25) is 4.79 Å². The zero-order valence-electron chi connectivity index (χ0n) is 13.5. The Balaban J connectivity index is 1.93. The predicted octanol–water partition coefficient (Wildman–Crippen LogP) is 2.18. The first kappa shape index (κ1) is 16.4. The summed E-state index contributed by atoms with van der Waals surface area (Å²) in [5.74, 6) is 0.00939. The maximum absolute atomic E-state index is 11.9. The van der Waals surface area contributed by atoms with Crippen LogP contribution in [0.25, 0.3) is 0 Å². The van der Waals surface area contributed by atoms with Gasteiger partial charge < -0.3 is 14.7 Å². The van der Waals surface area contributed by atoms with Gasteiger partial charge in [0.15, 0.2) is 6.10 Å². The van der Waals surface area contributed by atoms with Crippen LogP contribution in [0, 0.1) is 0 Å². The molecule has 1 amide bonds. The summed E-state index contributed by atoms with van der Waals surface area (Å²) in [5.41, 5.74) is 2.00. The molecule has 2 aromatic carbocycles. The highest BCUT2D eigenvalue weighted by atomic mass is 16.5.